The molecule has 3 aliphatic carbocycles. The number of carbonyl (C=O) groups is 1. The highest BCUT2D eigenvalue weighted by atomic mass is 35.5. The molecule has 5 heteroatoms. The maximum absolute atomic E-state index is 12.6. The number of aromatic nitrogens is 2. The van der Waals surface area contributed by atoms with Gasteiger partial charge >= 0.3 is 0 Å². The lowest BCUT2D eigenvalue weighted by atomic mass is 9.99. The number of rotatable bonds is 6. The summed E-state index contributed by atoms with van der Waals surface area (Å²) in [7, 11) is 0. The molecule has 5 atom stereocenters. The van der Waals surface area contributed by atoms with Crippen LogP contribution in [0.3, 0.4) is 0 Å². The van der Waals surface area contributed by atoms with Gasteiger partial charge < -0.3 is 5.32 Å². The van der Waals surface area contributed by atoms with Crippen LogP contribution in [0.1, 0.15) is 67.0 Å². The van der Waals surface area contributed by atoms with Crippen LogP contribution in [0.2, 0.25) is 5.02 Å². The van der Waals surface area contributed by atoms with Crippen LogP contribution in [0, 0.1) is 17.8 Å². The first kappa shape index (κ1) is 17.3. The van der Waals surface area contributed by atoms with Crippen LogP contribution in [0.25, 0.3) is 0 Å². The smallest absolute Gasteiger partial charge is 0.251 e. The Morgan fingerprint density at radius 1 is 1.22 bits per heavy atom. The number of halogens is 1. The fourth-order valence-electron chi connectivity index (χ4n) is 5.15. The molecule has 0 saturated heterocycles. The first-order chi connectivity index (χ1) is 13.1. The highest BCUT2D eigenvalue weighted by Gasteiger charge is 2.59. The van der Waals surface area contributed by atoms with Gasteiger partial charge in [-0.25, -0.2) is 0 Å². The lowest BCUT2D eigenvalue weighted by molar-refractivity contribution is 0.0926. The number of amides is 1. The van der Waals surface area contributed by atoms with E-state index in [2.05, 4.69) is 29.2 Å². The number of benzene rings is 1. The molecule has 1 aromatic heterocycles. The Morgan fingerprint density at radius 2 is 1.93 bits per heavy atom. The summed E-state index contributed by atoms with van der Waals surface area (Å²) < 4.78 is 2.21. The second-order valence-corrected chi connectivity index (χ2v) is 8.96. The Hall–Kier alpha value is -1.81. The van der Waals surface area contributed by atoms with Gasteiger partial charge in [0, 0.05) is 28.7 Å². The van der Waals surface area contributed by atoms with E-state index in [4.69, 9.17) is 16.7 Å². The third kappa shape index (κ3) is 3.29. The van der Waals surface area contributed by atoms with E-state index in [9.17, 15) is 4.79 Å². The maximum Gasteiger partial charge on any atom is 0.251 e. The molecule has 3 saturated carbocycles. The van der Waals surface area contributed by atoms with Crippen molar-refractivity contribution in [1.29, 1.82) is 0 Å². The zero-order valence-corrected chi connectivity index (χ0v) is 16.4. The van der Waals surface area contributed by atoms with Crippen LogP contribution >= 0.6 is 11.6 Å². The summed E-state index contributed by atoms with van der Waals surface area (Å²) in [6.07, 6.45) is 8.18. The molecule has 3 fully saturated rings. The van der Waals surface area contributed by atoms with E-state index in [0.717, 1.165) is 24.2 Å². The molecule has 1 amide bonds. The number of fused-ring (bicyclic) bond motifs is 1. The minimum atomic E-state index is 0.0150. The van der Waals surface area contributed by atoms with Crippen molar-refractivity contribution in [3.8, 4) is 0 Å². The summed E-state index contributed by atoms with van der Waals surface area (Å²) >= 11 is 5.92. The van der Waals surface area contributed by atoms with Crippen LogP contribution < -0.4 is 5.32 Å². The molecule has 0 bridgehead atoms. The zero-order chi connectivity index (χ0) is 18.5. The molecular weight excluding hydrogens is 358 g/mol. The van der Waals surface area contributed by atoms with Gasteiger partial charge in [-0.2, -0.15) is 5.10 Å². The Labute approximate surface area is 165 Å². The highest BCUT2D eigenvalue weighted by molar-refractivity contribution is 6.30. The van der Waals surface area contributed by atoms with Gasteiger partial charge in [-0.15, -0.1) is 0 Å². The molecule has 1 N–H and O–H groups in total. The van der Waals surface area contributed by atoms with Crippen LogP contribution in [0.4, 0.5) is 0 Å². The summed E-state index contributed by atoms with van der Waals surface area (Å²) in [5.41, 5.74) is 1.97. The van der Waals surface area contributed by atoms with E-state index in [1.165, 1.54) is 31.4 Å². The first-order valence-corrected chi connectivity index (χ1v) is 10.6. The van der Waals surface area contributed by atoms with Crippen molar-refractivity contribution in [1.82, 2.24) is 15.1 Å². The van der Waals surface area contributed by atoms with E-state index in [0.29, 0.717) is 22.5 Å². The SMILES string of the molecule is CC[C@@H](NC(=O)c1ccc(Cl)cc1)C1[C@H]2CC(n3ccc(C4CC4)n3)C[C@@H]12. The van der Waals surface area contributed by atoms with Crippen molar-refractivity contribution < 1.29 is 4.79 Å². The standard InChI is InChI=1S/C22H26ClN3O/c1-2-19(24-22(27)14-5-7-15(23)8-6-14)21-17-11-16(12-18(17)21)26-10-9-20(25-26)13-3-4-13/h5-10,13,16-19,21H,2-4,11-12H2,1H3,(H,24,27)/t16?,17-,18+,19-,21?/m1/s1. The van der Waals surface area contributed by atoms with Crippen LogP contribution in [0.5, 0.6) is 0 Å². The van der Waals surface area contributed by atoms with Crippen molar-refractivity contribution in [2.75, 3.05) is 0 Å². The van der Waals surface area contributed by atoms with Gasteiger partial charge in [-0.1, -0.05) is 18.5 Å². The topological polar surface area (TPSA) is 46.9 Å². The summed E-state index contributed by atoms with van der Waals surface area (Å²) in [5.74, 6) is 2.84. The molecule has 27 heavy (non-hydrogen) atoms. The maximum atomic E-state index is 12.6. The van der Waals surface area contributed by atoms with Crippen LogP contribution in [-0.2, 0) is 0 Å². The molecular formula is C22H26ClN3O. The van der Waals surface area contributed by atoms with Crippen molar-refractivity contribution in [3.63, 3.8) is 0 Å². The molecule has 1 heterocycles. The minimum Gasteiger partial charge on any atom is -0.349 e. The van der Waals surface area contributed by atoms with Crippen LogP contribution in [-0.4, -0.2) is 21.7 Å². The van der Waals surface area contributed by atoms with E-state index in [1.54, 1.807) is 24.3 Å². The average Bonchev–Trinajstić information content (AvgIpc) is 3.53. The van der Waals surface area contributed by atoms with E-state index < -0.39 is 0 Å². The van der Waals surface area contributed by atoms with E-state index in [1.807, 2.05) is 0 Å². The van der Waals surface area contributed by atoms with E-state index in [-0.39, 0.29) is 11.9 Å². The molecule has 0 aliphatic heterocycles. The zero-order valence-electron chi connectivity index (χ0n) is 15.6. The van der Waals surface area contributed by atoms with Crippen molar-refractivity contribution in [2.24, 2.45) is 17.8 Å². The second-order valence-electron chi connectivity index (χ2n) is 8.52. The normalized spacial score (nSPS) is 30.0. The predicted molar refractivity (Wildman–Crippen MR) is 106 cm³/mol. The molecule has 1 aromatic carbocycles. The summed E-state index contributed by atoms with van der Waals surface area (Å²) in [5, 5.41) is 8.76. The van der Waals surface area contributed by atoms with Gasteiger partial charge in [-0.3, -0.25) is 9.48 Å². The van der Waals surface area contributed by atoms with Crippen molar-refractivity contribution in [3.05, 3.63) is 52.8 Å². The van der Waals surface area contributed by atoms with Gasteiger partial charge in [0.05, 0.1) is 11.7 Å². The lowest BCUT2D eigenvalue weighted by Crippen LogP contribution is -2.37. The van der Waals surface area contributed by atoms with Crippen molar-refractivity contribution >= 4 is 17.5 Å². The van der Waals surface area contributed by atoms with Gasteiger partial charge in [0.15, 0.2) is 0 Å². The number of hydrogen-bond acceptors (Lipinski definition) is 2. The minimum absolute atomic E-state index is 0.0150. The third-order valence-corrected chi connectivity index (χ3v) is 7.06. The number of nitrogens with zero attached hydrogens (tertiary/aromatic N) is 2. The largest absolute Gasteiger partial charge is 0.349 e. The quantitative estimate of drug-likeness (QED) is 0.777. The predicted octanol–water partition coefficient (Wildman–Crippen LogP) is 4.82. The lowest BCUT2D eigenvalue weighted by Gasteiger charge is -2.22. The molecule has 5 rings (SSSR count). The van der Waals surface area contributed by atoms with E-state index >= 15 is 0 Å². The third-order valence-electron chi connectivity index (χ3n) is 6.81. The fourth-order valence-corrected chi connectivity index (χ4v) is 5.28. The molecule has 2 aromatic rings. The molecule has 2 unspecified atom stereocenters. The monoisotopic (exact) mass is 383 g/mol. The number of hydrogen-bond donors (Lipinski definition) is 1. The Morgan fingerprint density at radius 3 is 2.56 bits per heavy atom. The Kier molecular flexibility index (Phi) is 4.27. The summed E-state index contributed by atoms with van der Waals surface area (Å²) in [6, 6.07) is 10.2. The highest BCUT2D eigenvalue weighted by Crippen LogP contribution is 2.62. The van der Waals surface area contributed by atoms with Gasteiger partial charge in [0.25, 0.3) is 5.91 Å². The molecule has 0 spiro atoms. The molecule has 0 radical (unpaired) electrons. The Balaban J connectivity index is 1.19. The van der Waals surface area contributed by atoms with Crippen LogP contribution in [0.15, 0.2) is 36.5 Å². The fraction of sp³-hybridized carbons (Fsp3) is 0.545. The molecule has 3 aliphatic rings. The first-order valence-electron chi connectivity index (χ1n) is 10.3. The van der Waals surface area contributed by atoms with Gasteiger partial charge in [-0.05, 0) is 80.2 Å². The number of nitrogens with one attached hydrogen (secondary N) is 1. The molecule has 142 valence electrons. The second kappa shape index (κ2) is 6.66. The molecule has 4 nitrogen and oxygen atoms in total. The summed E-state index contributed by atoms with van der Waals surface area (Å²) in [6.45, 7) is 2.17. The number of carbonyl (C=O) groups excluding carboxylic acids is 1. The van der Waals surface area contributed by atoms with Crippen molar-refractivity contribution in [2.45, 2.75) is 57.0 Å². The average molecular weight is 384 g/mol. The van der Waals surface area contributed by atoms with Gasteiger partial charge in [0.2, 0.25) is 0 Å². The van der Waals surface area contributed by atoms with Gasteiger partial charge in [0.1, 0.15) is 0 Å². The Bertz CT molecular complexity index is 829. The summed E-state index contributed by atoms with van der Waals surface area (Å²) in [4.78, 5) is 12.6.